The van der Waals surface area contributed by atoms with Crippen molar-refractivity contribution in [2.45, 2.75) is 38.1 Å². The quantitative estimate of drug-likeness (QED) is 0.512. The number of fused-ring (bicyclic) bond motifs is 1. The van der Waals surface area contributed by atoms with Crippen LogP contribution in [0.5, 0.6) is 0 Å². The lowest BCUT2D eigenvalue weighted by molar-refractivity contribution is -0.139. The summed E-state index contributed by atoms with van der Waals surface area (Å²) in [5.41, 5.74) is 0.603. The summed E-state index contributed by atoms with van der Waals surface area (Å²) in [5, 5.41) is 24.8. The van der Waals surface area contributed by atoms with Crippen LogP contribution >= 0.6 is 0 Å². The second-order valence-corrected chi connectivity index (χ2v) is 6.01. The monoisotopic (exact) mass is 358 g/mol. The summed E-state index contributed by atoms with van der Waals surface area (Å²) in [6, 6.07) is 11.5. The number of rotatable bonds is 9. The van der Waals surface area contributed by atoms with Gasteiger partial charge in [0.2, 0.25) is 0 Å². The fraction of sp³-hybridized carbons (Fsp3) is 0.316. The van der Waals surface area contributed by atoms with Gasteiger partial charge in [-0.2, -0.15) is 0 Å². The number of carbonyl (C=O) groups is 3. The molecular formula is C19H22N2O5. The SMILES string of the molecule is O=C(O)CCCCC[C@H](NC(=O)Nc1cccc2ccccc12)C(=O)O. The highest BCUT2D eigenvalue weighted by Crippen LogP contribution is 2.22. The van der Waals surface area contributed by atoms with Gasteiger partial charge in [0.05, 0.1) is 5.69 Å². The van der Waals surface area contributed by atoms with Crippen molar-refractivity contribution in [3.05, 3.63) is 42.5 Å². The van der Waals surface area contributed by atoms with Crippen molar-refractivity contribution in [3.63, 3.8) is 0 Å². The number of benzene rings is 2. The van der Waals surface area contributed by atoms with Crippen LogP contribution in [-0.4, -0.2) is 34.2 Å². The van der Waals surface area contributed by atoms with Crippen molar-refractivity contribution < 1.29 is 24.6 Å². The number of hydrogen-bond donors (Lipinski definition) is 4. The number of carboxylic acids is 2. The third-order valence-electron chi connectivity index (χ3n) is 4.02. The number of unbranched alkanes of at least 4 members (excludes halogenated alkanes) is 2. The lowest BCUT2D eigenvalue weighted by Gasteiger charge is -2.16. The Morgan fingerprint density at radius 3 is 2.38 bits per heavy atom. The number of aliphatic carboxylic acids is 2. The number of anilines is 1. The van der Waals surface area contributed by atoms with Gasteiger partial charge in [-0.1, -0.05) is 49.2 Å². The first-order valence-electron chi connectivity index (χ1n) is 8.47. The summed E-state index contributed by atoms with van der Waals surface area (Å²) < 4.78 is 0. The Morgan fingerprint density at radius 1 is 0.923 bits per heavy atom. The molecule has 2 aromatic carbocycles. The Kier molecular flexibility index (Phi) is 6.96. The predicted octanol–water partition coefficient (Wildman–Crippen LogP) is 3.45. The molecule has 2 amide bonds. The zero-order chi connectivity index (χ0) is 18.9. The van der Waals surface area contributed by atoms with Crippen LogP contribution in [0, 0.1) is 0 Å². The van der Waals surface area contributed by atoms with Gasteiger partial charge in [-0.15, -0.1) is 0 Å². The number of amides is 2. The molecule has 0 radical (unpaired) electrons. The highest BCUT2D eigenvalue weighted by molar-refractivity contribution is 6.02. The lowest BCUT2D eigenvalue weighted by atomic mass is 10.1. The Balaban J connectivity index is 1.90. The molecule has 0 fully saturated rings. The summed E-state index contributed by atoms with van der Waals surface area (Å²) in [5.74, 6) is -1.98. The van der Waals surface area contributed by atoms with Crippen molar-refractivity contribution in [3.8, 4) is 0 Å². The first kappa shape index (κ1) is 19.2. The molecule has 0 saturated carbocycles. The van der Waals surface area contributed by atoms with Crippen molar-refractivity contribution >= 4 is 34.4 Å². The van der Waals surface area contributed by atoms with Crippen LogP contribution in [0.3, 0.4) is 0 Å². The van der Waals surface area contributed by atoms with Gasteiger partial charge in [-0.05, 0) is 24.3 Å². The Bertz CT molecular complexity index is 785. The molecule has 1 atom stereocenters. The average Bonchev–Trinajstić information content (AvgIpc) is 2.60. The molecule has 0 aromatic heterocycles. The fourth-order valence-corrected chi connectivity index (χ4v) is 2.71. The molecule has 0 aliphatic heterocycles. The van der Waals surface area contributed by atoms with E-state index in [-0.39, 0.29) is 12.8 Å². The maximum absolute atomic E-state index is 12.2. The minimum atomic E-state index is -1.11. The number of urea groups is 1. The molecule has 0 saturated heterocycles. The topological polar surface area (TPSA) is 116 Å². The summed E-state index contributed by atoms with van der Waals surface area (Å²) in [7, 11) is 0. The van der Waals surface area contributed by atoms with Crippen molar-refractivity contribution in [1.82, 2.24) is 5.32 Å². The van der Waals surface area contributed by atoms with Crippen LogP contribution in [0.2, 0.25) is 0 Å². The van der Waals surface area contributed by atoms with E-state index in [1.54, 1.807) is 6.07 Å². The third kappa shape index (κ3) is 5.77. The van der Waals surface area contributed by atoms with E-state index in [0.717, 1.165) is 10.8 Å². The van der Waals surface area contributed by atoms with Crippen LogP contribution in [0.4, 0.5) is 10.5 Å². The Labute approximate surface area is 151 Å². The van der Waals surface area contributed by atoms with E-state index in [4.69, 9.17) is 5.11 Å². The molecule has 7 heteroatoms. The van der Waals surface area contributed by atoms with E-state index in [9.17, 15) is 19.5 Å². The van der Waals surface area contributed by atoms with E-state index in [0.29, 0.717) is 24.9 Å². The van der Waals surface area contributed by atoms with E-state index in [2.05, 4.69) is 10.6 Å². The molecule has 2 rings (SSSR count). The molecule has 0 bridgehead atoms. The molecule has 138 valence electrons. The first-order chi connectivity index (χ1) is 12.5. The number of carboxylic acid groups (broad SMARTS) is 2. The third-order valence-corrected chi connectivity index (χ3v) is 4.02. The molecule has 0 aliphatic carbocycles. The van der Waals surface area contributed by atoms with Crippen molar-refractivity contribution in [1.29, 1.82) is 0 Å². The summed E-state index contributed by atoms with van der Waals surface area (Å²) in [6.45, 7) is 0. The second kappa shape index (κ2) is 9.41. The maximum atomic E-state index is 12.2. The van der Waals surface area contributed by atoms with Crippen molar-refractivity contribution in [2.24, 2.45) is 0 Å². The van der Waals surface area contributed by atoms with Gasteiger partial charge < -0.3 is 20.8 Å². The minimum Gasteiger partial charge on any atom is -0.481 e. The normalized spacial score (nSPS) is 11.7. The average molecular weight is 358 g/mol. The van der Waals surface area contributed by atoms with Crippen molar-refractivity contribution in [2.75, 3.05) is 5.32 Å². The van der Waals surface area contributed by atoms with Gasteiger partial charge in [0.25, 0.3) is 0 Å². The number of hydrogen-bond acceptors (Lipinski definition) is 3. The minimum absolute atomic E-state index is 0.0622. The smallest absolute Gasteiger partial charge is 0.326 e. The van der Waals surface area contributed by atoms with Gasteiger partial charge in [0.15, 0.2) is 0 Å². The maximum Gasteiger partial charge on any atom is 0.326 e. The fourth-order valence-electron chi connectivity index (χ4n) is 2.71. The predicted molar refractivity (Wildman–Crippen MR) is 98.2 cm³/mol. The molecule has 2 aromatic rings. The van der Waals surface area contributed by atoms with Gasteiger partial charge in [0.1, 0.15) is 6.04 Å². The number of carbonyl (C=O) groups excluding carboxylic acids is 1. The highest BCUT2D eigenvalue weighted by Gasteiger charge is 2.19. The van der Waals surface area contributed by atoms with E-state index in [1.807, 2.05) is 36.4 Å². The zero-order valence-electron chi connectivity index (χ0n) is 14.3. The molecule has 4 N–H and O–H groups in total. The first-order valence-corrected chi connectivity index (χ1v) is 8.47. The molecule has 0 aliphatic rings. The summed E-state index contributed by atoms with van der Waals surface area (Å²) >= 11 is 0. The second-order valence-electron chi connectivity index (χ2n) is 6.01. The van der Waals surface area contributed by atoms with Crippen LogP contribution in [0.25, 0.3) is 10.8 Å². The van der Waals surface area contributed by atoms with E-state index < -0.39 is 24.0 Å². The van der Waals surface area contributed by atoms with Crippen LogP contribution in [-0.2, 0) is 9.59 Å². The van der Waals surface area contributed by atoms with Crippen LogP contribution in [0.15, 0.2) is 42.5 Å². The van der Waals surface area contributed by atoms with Crippen LogP contribution < -0.4 is 10.6 Å². The largest absolute Gasteiger partial charge is 0.481 e. The molecular weight excluding hydrogens is 336 g/mol. The van der Waals surface area contributed by atoms with Gasteiger partial charge in [-0.3, -0.25) is 4.79 Å². The molecule has 0 heterocycles. The molecule has 26 heavy (non-hydrogen) atoms. The van der Waals surface area contributed by atoms with E-state index in [1.165, 1.54) is 0 Å². The molecule has 0 spiro atoms. The molecule has 0 unspecified atom stereocenters. The standard InChI is InChI=1S/C19H22N2O5/c22-17(23)12-3-1-2-10-16(18(24)25)21-19(26)20-15-11-6-8-13-7-4-5-9-14(13)15/h4-9,11,16H,1-3,10,12H2,(H,22,23)(H,24,25)(H2,20,21,26)/t16-/m0/s1. The Morgan fingerprint density at radius 2 is 1.65 bits per heavy atom. The van der Waals surface area contributed by atoms with Gasteiger partial charge >= 0.3 is 18.0 Å². The lowest BCUT2D eigenvalue weighted by Crippen LogP contribution is -2.43. The summed E-state index contributed by atoms with van der Waals surface area (Å²) in [4.78, 5) is 34.0. The van der Waals surface area contributed by atoms with E-state index >= 15 is 0 Å². The van der Waals surface area contributed by atoms with Gasteiger partial charge in [-0.25, -0.2) is 9.59 Å². The Hall–Kier alpha value is -3.09. The van der Waals surface area contributed by atoms with Gasteiger partial charge in [0, 0.05) is 11.8 Å². The van der Waals surface area contributed by atoms with Crippen LogP contribution in [0.1, 0.15) is 32.1 Å². The highest BCUT2D eigenvalue weighted by atomic mass is 16.4. The zero-order valence-corrected chi connectivity index (χ0v) is 14.3. The number of nitrogens with one attached hydrogen (secondary N) is 2. The summed E-state index contributed by atoms with van der Waals surface area (Å²) in [6.07, 6.45) is 1.93. The molecule has 7 nitrogen and oxygen atoms in total.